The molecule has 3 amide bonds. The van der Waals surface area contributed by atoms with Crippen molar-refractivity contribution >= 4 is 34.4 Å². The summed E-state index contributed by atoms with van der Waals surface area (Å²) in [6.45, 7) is 9.01. The van der Waals surface area contributed by atoms with E-state index in [9.17, 15) is 19.5 Å². The predicted octanol–water partition coefficient (Wildman–Crippen LogP) is 6.99. The number of para-hydroxylation sites is 1. The van der Waals surface area contributed by atoms with E-state index < -0.39 is 41.6 Å². The number of hydrogen-bond acceptors (Lipinski definition) is 5. The topological polar surface area (TPSA) is 108 Å². The van der Waals surface area contributed by atoms with Gasteiger partial charge in [-0.1, -0.05) is 85.8 Å². The molecule has 0 radical (unpaired) electrons. The molecule has 0 aromatic heterocycles. The molecule has 0 heterocycles. The fourth-order valence-corrected chi connectivity index (χ4v) is 5.09. The van der Waals surface area contributed by atoms with Crippen LogP contribution in [-0.2, 0) is 20.7 Å². The van der Waals surface area contributed by atoms with Gasteiger partial charge in [-0.05, 0) is 68.7 Å². The molecule has 0 bridgehead atoms. The van der Waals surface area contributed by atoms with Crippen molar-refractivity contribution in [3.05, 3.63) is 108 Å². The maximum absolute atomic E-state index is 14.6. The van der Waals surface area contributed by atoms with Crippen LogP contribution in [0.15, 0.2) is 97.1 Å². The molecule has 4 aromatic carbocycles. The molecular formula is C36H41N3O5. The molecular weight excluding hydrogens is 554 g/mol. The Labute approximate surface area is 259 Å². The van der Waals surface area contributed by atoms with Gasteiger partial charge < -0.3 is 25.4 Å². The average Bonchev–Trinajstić information content (AvgIpc) is 2.99. The van der Waals surface area contributed by atoms with Gasteiger partial charge in [0.2, 0.25) is 5.91 Å². The Kier molecular flexibility index (Phi) is 10.3. The number of amides is 3. The highest BCUT2D eigenvalue weighted by Crippen LogP contribution is 2.33. The standard InChI is InChI=1S/C36H41N3O5/c1-6-24(2)39(34(42)30(22-25-14-8-7-9-15-25)38-35(43)44-36(3,4)5)32(29-18-12-13-19-31(29)40)33(41)37-28-21-20-26-16-10-11-17-27(26)23-28/h7-21,23-24,30,32,40H,6,22H2,1-5H3,(H,37,41)(H,38,43). The minimum Gasteiger partial charge on any atom is -0.508 e. The Morgan fingerprint density at radius 1 is 0.864 bits per heavy atom. The minimum absolute atomic E-state index is 0.119. The van der Waals surface area contributed by atoms with Crippen LogP contribution in [-0.4, -0.2) is 45.6 Å². The zero-order chi connectivity index (χ0) is 31.9. The summed E-state index contributed by atoms with van der Waals surface area (Å²) in [5.74, 6) is -1.09. The van der Waals surface area contributed by atoms with Crippen molar-refractivity contribution in [3.63, 3.8) is 0 Å². The van der Waals surface area contributed by atoms with Crippen LogP contribution < -0.4 is 10.6 Å². The highest BCUT2D eigenvalue weighted by Gasteiger charge is 2.39. The van der Waals surface area contributed by atoms with Gasteiger partial charge in [-0.15, -0.1) is 0 Å². The third kappa shape index (κ3) is 8.16. The van der Waals surface area contributed by atoms with Crippen molar-refractivity contribution in [3.8, 4) is 5.75 Å². The number of aromatic hydroxyl groups is 1. The molecule has 0 saturated carbocycles. The first-order valence-electron chi connectivity index (χ1n) is 14.9. The molecule has 3 N–H and O–H groups in total. The number of nitrogens with one attached hydrogen (secondary N) is 2. The second kappa shape index (κ2) is 14.1. The molecule has 8 nitrogen and oxygen atoms in total. The van der Waals surface area contributed by atoms with Gasteiger partial charge in [-0.25, -0.2) is 4.79 Å². The summed E-state index contributed by atoms with van der Waals surface area (Å²) in [4.78, 5) is 43.3. The van der Waals surface area contributed by atoms with E-state index in [2.05, 4.69) is 10.6 Å². The lowest BCUT2D eigenvalue weighted by molar-refractivity contribution is -0.143. The fraction of sp³-hybridized carbons (Fsp3) is 0.306. The average molecular weight is 596 g/mol. The number of rotatable bonds is 10. The maximum atomic E-state index is 14.6. The number of nitrogens with zero attached hydrogens (tertiary/aromatic N) is 1. The lowest BCUT2D eigenvalue weighted by Gasteiger charge is -2.38. The van der Waals surface area contributed by atoms with Gasteiger partial charge in [-0.2, -0.15) is 0 Å². The molecule has 4 rings (SSSR count). The highest BCUT2D eigenvalue weighted by molar-refractivity contribution is 6.01. The number of phenolic OH excluding ortho intramolecular Hbond substituents is 1. The normalized spacial score (nSPS) is 13.4. The smallest absolute Gasteiger partial charge is 0.408 e. The molecule has 3 atom stereocenters. The van der Waals surface area contributed by atoms with E-state index in [4.69, 9.17) is 4.74 Å². The number of phenols is 1. The zero-order valence-electron chi connectivity index (χ0n) is 25.9. The van der Waals surface area contributed by atoms with Gasteiger partial charge in [0.1, 0.15) is 23.4 Å². The van der Waals surface area contributed by atoms with E-state index in [0.29, 0.717) is 12.1 Å². The monoisotopic (exact) mass is 595 g/mol. The first-order chi connectivity index (χ1) is 21.0. The minimum atomic E-state index is -1.20. The zero-order valence-corrected chi connectivity index (χ0v) is 25.9. The summed E-state index contributed by atoms with van der Waals surface area (Å²) in [7, 11) is 0. The third-order valence-corrected chi connectivity index (χ3v) is 7.37. The summed E-state index contributed by atoms with van der Waals surface area (Å²) < 4.78 is 5.51. The summed E-state index contributed by atoms with van der Waals surface area (Å²) in [6, 6.07) is 26.5. The molecule has 3 unspecified atom stereocenters. The van der Waals surface area contributed by atoms with Crippen molar-refractivity contribution in [2.45, 2.75) is 71.2 Å². The predicted molar refractivity (Wildman–Crippen MR) is 173 cm³/mol. The molecule has 0 saturated heterocycles. The van der Waals surface area contributed by atoms with Crippen LogP contribution in [0.25, 0.3) is 10.8 Å². The van der Waals surface area contributed by atoms with E-state index in [1.807, 2.05) is 80.6 Å². The number of carbonyl (C=O) groups is 3. The van der Waals surface area contributed by atoms with Gasteiger partial charge in [0.25, 0.3) is 5.91 Å². The van der Waals surface area contributed by atoms with Crippen LogP contribution in [0.2, 0.25) is 0 Å². The van der Waals surface area contributed by atoms with Crippen molar-refractivity contribution < 1.29 is 24.2 Å². The molecule has 4 aromatic rings. The first-order valence-corrected chi connectivity index (χ1v) is 14.9. The Morgan fingerprint density at radius 2 is 1.50 bits per heavy atom. The number of carbonyl (C=O) groups excluding carboxylic acids is 3. The van der Waals surface area contributed by atoms with E-state index in [1.165, 1.54) is 11.0 Å². The van der Waals surface area contributed by atoms with Crippen LogP contribution in [0.3, 0.4) is 0 Å². The second-order valence-corrected chi connectivity index (χ2v) is 11.9. The largest absolute Gasteiger partial charge is 0.508 e. The Hall–Kier alpha value is -4.85. The number of ether oxygens (including phenoxy) is 1. The van der Waals surface area contributed by atoms with E-state index in [0.717, 1.165) is 16.3 Å². The maximum Gasteiger partial charge on any atom is 0.408 e. The molecule has 44 heavy (non-hydrogen) atoms. The van der Waals surface area contributed by atoms with Crippen molar-refractivity contribution in [1.82, 2.24) is 10.2 Å². The number of anilines is 1. The van der Waals surface area contributed by atoms with Gasteiger partial charge in [-0.3, -0.25) is 9.59 Å². The molecule has 230 valence electrons. The third-order valence-electron chi connectivity index (χ3n) is 7.37. The SMILES string of the molecule is CCC(C)N(C(=O)C(Cc1ccccc1)NC(=O)OC(C)(C)C)C(C(=O)Nc1ccc2ccccc2c1)c1ccccc1O. The Morgan fingerprint density at radius 3 is 2.16 bits per heavy atom. The Bertz CT molecular complexity index is 1600. The second-order valence-electron chi connectivity index (χ2n) is 11.9. The highest BCUT2D eigenvalue weighted by atomic mass is 16.6. The molecule has 8 heteroatoms. The lowest BCUT2D eigenvalue weighted by atomic mass is 9.97. The summed E-state index contributed by atoms with van der Waals surface area (Å²) >= 11 is 0. The molecule has 0 aliphatic carbocycles. The van der Waals surface area contributed by atoms with Crippen molar-refractivity contribution in [2.24, 2.45) is 0 Å². The number of hydrogen-bond donors (Lipinski definition) is 3. The van der Waals surface area contributed by atoms with Crippen LogP contribution in [0.5, 0.6) is 5.75 Å². The number of alkyl carbamates (subject to hydrolysis) is 1. The van der Waals surface area contributed by atoms with E-state index in [-0.39, 0.29) is 17.7 Å². The van der Waals surface area contributed by atoms with Gasteiger partial charge in [0.05, 0.1) is 0 Å². The quantitative estimate of drug-likeness (QED) is 0.183. The fourth-order valence-electron chi connectivity index (χ4n) is 5.09. The molecule has 0 aliphatic rings. The van der Waals surface area contributed by atoms with Crippen LogP contribution >= 0.6 is 0 Å². The lowest BCUT2D eigenvalue weighted by Crippen LogP contribution is -2.55. The number of fused-ring (bicyclic) bond motifs is 1. The summed E-state index contributed by atoms with van der Waals surface area (Å²) in [5.41, 5.74) is 0.873. The van der Waals surface area contributed by atoms with Crippen LogP contribution in [0, 0.1) is 0 Å². The van der Waals surface area contributed by atoms with Gasteiger partial charge >= 0.3 is 6.09 Å². The van der Waals surface area contributed by atoms with E-state index in [1.54, 1.807) is 45.0 Å². The van der Waals surface area contributed by atoms with E-state index >= 15 is 0 Å². The Balaban J connectivity index is 1.76. The molecule has 0 fully saturated rings. The van der Waals surface area contributed by atoms with Crippen LogP contribution in [0.4, 0.5) is 10.5 Å². The molecule has 0 spiro atoms. The first kappa shape index (κ1) is 32.1. The van der Waals surface area contributed by atoms with Crippen LogP contribution in [0.1, 0.15) is 58.2 Å². The van der Waals surface area contributed by atoms with Crippen molar-refractivity contribution in [2.75, 3.05) is 5.32 Å². The molecule has 0 aliphatic heterocycles. The van der Waals surface area contributed by atoms with Crippen molar-refractivity contribution in [1.29, 1.82) is 0 Å². The summed E-state index contributed by atoms with van der Waals surface area (Å²) in [5, 5.41) is 18.7. The number of benzene rings is 4. The van der Waals surface area contributed by atoms with Gasteiger partial charge in [0.15, 0.2) is 0 Å². The summed E-state index contributed by atoms with van der Waals surface area (Å²) in [6.07, 6.45) is -0.0505. The van der Waals surface area contributed by atoms with Gasteiger partial charge in [0, 0.05) is 23.7 Å².